The summed E-state index contributed by atoms with van der Waals surface area (Å²) in [5.41, 5.74) is 1.02. The van der Waals surface area contributed by atoms with Crippen LogP contribution in [0.2, 0.25) is 0 Å². The molecule has 7 nitrogen and oxygen atoms in total. The third kappa shape index (κ3) is 3.61. The summed E-state index contributed by atoms with van der Waals surface area (Å²) >= 11 is 1.48. The van der Waals surface area contributed by atoms with Crippen molar-refractivity contribution in [2.75, 3.05) is 13.2 Å². The van der Waals surface area contributed by atoms with Gasteiger partial charge in [0.15, 0.2) is 5.65 Å². The summed E-state index contributed by atoms with van der Waals surface area (Å²) in [5, 5.41) is 3.74. The van der Waals surface area contributed by atoms with Gasteiger partial charge in [-0.2, -0.15) is 4.98 Å². The fourth-order valence-electron chi connectivity index (χ4n) is 5.83. The lowest BCUT2D eigenvalue weighted by molar-refractivity contribution is -0.120. The van der Waals surface area contributed by atoms with Crippen molar-refractivity contribution in [2.24, 2.45) is 5.92 Å². The van der Waals surface area contributed by atoms with Crippen LogP contribution in [0.5, 0.6) is 16.7 Å². The summed E-state index contributed by atoms with van der Waals surface area (Å²) in [6, 6.07) is 12.5. The second-order valence-electron chi connectivity index (χ2n) is 9.15. The van der Waals surface area contributed by atoms with Crippen LogP contribution in [0.15, 0.2) is 42.6 Å². The quantitative estimate of drug-likeness (QED) is 0.587. The van der Waals surface area contributed by atoms with E-state index < -0.39 is 0 Å². The molecular weight excluding hydrogens is 424 g/mol. The molecule has 3 aliphatic rings. The van der Waals surface area contributed by atoms with Gasteiger partial charge in [0.1, 0.15) is 18.1 Å². The topological polar surface area (TPSA) is 76.6 Å². The van der Waals surface area contributed by atoms with Gasteiger partial charge >= 0.3 is 0 Å². The maximum Gasteiger partial charge on any atom is 0.281 e. The number of nitrogens with zero attached hydrogens (tertiary/aromatic N) is 3. The molecule has 32 heavy (non-hydrogen) atoms. The van der Waals surface area contributed by atoms with E-state index >= 15 is 0 Å². The number of rotatable bonds is 7. The van der Waals surface area contributed by atoms with Gasteiger partial charge in [-0.05, 0) is 68.0 Å². The van der Waals surface area contributed by atoms with Crippen molar-refractivity contribution >= 4 is 27.6 Å². The third-order valence-corrected chi connectivity index (χ3v) is 8.00. The number of hydrogen-bond donors (Lipinski definition) is 1. The van der Waals surface area contributed by atoms with Crippen LogP contribution in [-0.4, -0.2) is 51.5 Å². The molecule has 2 saturated heterocycles. The van der Waals surface area contributed by atoms with Crippen molar-refractivity contribution in [3.63, 3.8) is 0 Å². The van der Waals surface area contributed by atoms with Gasteiger partial charge in [-0.1, -0.05) is 11.3 Å². The Labute approximate surface area is 190 Å². The number of ether oxygens (including phenoxy) is 2. The van der Waals surface area contributed by atoms with E-state index in [1.165, 1.54) is 24.2 Å². The van der Waals surface area contributed by atoms with Gasteiger partial charge in [0.05, 0.1) is 4.70 Å². The molecule has 1 unspecified atom stereocenters. The fraction of sp³-hybridized carbons (Fsp3) is 0.458. The van der Waals surface area contributed by atoms with Crippen LogP contribution in [0.25, 0.3) is 10.3 Å². The Kier molecular flexibility index (Phi) is 4.80. The Morgan fingerprint density at radius 3 is 2.84 bits per heavy atom. The summed E-state index contributed by atoms with van der Waals surface area (Å²) in [4.78, 5) is 22.8. The molecule has 166 valence electrons. The smallest absolute Gasteiger partial charge is 0.281 e. The van der Waals surface area contributed by atoms with Crippen molar-refractivity contribution in [3.05, 3.63) is 42.6 Å². The van der Waals surface area contributed by atoms with Crippen molar-refractivity contribution in [2.45, 2.75) is 50.2 Å². The number of nitrogens with one attached hydrogen (secondary N) is 1. The predicted molar refractivity (Wildman–Crippen MR) is 122 cm³/mol. The molecule has 4 heterocycles. The molecular formula is C24H26N4O3S. The number of amides is 1. The summed E-state index contributed by atoms with van der Waals surface area (Å²) < 4.78 is 12.9. The molecule has 2 bridgehead atoms. The highest BCUT2D eigenvalue weighted by Crippen LogP contribution is 2.63. The van der Waals surface area contributed by atoms with E-state index in [1.807, 2.05) is 36.4 Å². The number of carbonyl (C=O) groups is 1. The van der Waals surface area contributed by atoms with E-state index in [-0.39, 0.29) is 5.91 Å². The van der Waals surface area contributed by atoms with Crippen LogP contribution in [0, 0.1) is 5.92 Å². The number of piperidine rings is 2. The molecule has 1 aliphatic carbocycles. The molecule has 3 fully saturated rings. The zero-order valence-corrected chi connectivity index (χ0v) is 18.8. The van der Waals surface area contributed by atoms with Crippen LogP contribution >= 0.6 is 11.3 Å². The van der Waals surface area contributed by atoms with E-state index in [0.717, 1.165) is 41.5 Å². The number of thiazole rings is 1. The molecule has 4 atom stereocenters. The van der Waals surface area contributed by atoms with Crippen molar-refractivity contribution in [3.8, 4) is 16.7 Å². The second-order valence-corrected chi connectivity index (χ2v) is 10.1. The lowest BCUT2D eigenvalue weighted by Gasteiger charge is -2.42. The van der Waals surface area contributed by atoms with Crippen molar-refractivity contribution in [1.29, 1.82) is 0 Å². The minimum absolute atomic E-state index is 0.0898. The van der Waals surface area contributed by atoms with E-state index in [2.05, 4.69) is 20.2 Å². The van der Waals surface area contributed by atoms with Crippen LogP contribution in [0.1, 0.15) is 32.6 Å². The van der Waals surface area contributed by atoms with Crippen molar-refractivity contribution < 1.29 is 14.3 Å². The zero-order chi connectivity index (χ0) is 21.7. The van der Waals surface area contributed by atoms with Crippen LogP contribution in [0.3, 0.4) is 0 Å². The van der Waals surface area contributed by atoms with E-state index in [9.17, 15) is 4.79 Å². The first-order chi connectivity index (χ1) is 15.6. The molecule has 3 aromatic rings. The third-order valence-electron chi connectivity index (χ3n) is 7.11. The Balaban J connectivity index is 1.03. The fourth-order valence-corrected chi connectivity index (χ4v) is 6.63. The number of carbonyl (C=O) groups excluding carboxylic acids is 1. The first-order valence-electron chi connectivity index (χ1n) is 11.3. The standard InChI is InChI=1S/C24H26N4O3S/c1-15(29)26-17-12-18-11-16-13-24(16,14-17)28(18)9-10-30-19-4-6-20(7-5-19)31-23-27-22-21(32-23)3-2-8-25-22/h2-8,16-18H,9-14H2,1H3,(H,26,29)/t16-,17?,18-,24-/m0/s1. The minimum atomic E-state index is 0.0898. The summed E-state index contributed by atoms with van der Waals surface area (Å²) in [5.74, 6) is 2.47. The monoisotopic (exact) mass is 450 g/mol. The van der Waals surface area contributed by atoms with Gasteiger partial charge in [-0.25, -0.2) is 4.98 Å². The Morgan fingerprint density at radius 1 is 1.22 bits per heavy atom. The lowest BCUT2D eigenvalue weighted by atomic mass is 9.92. The first kappa shape index (κ1) is 19.9. The summed E-state index contributed by atoms with van der Waals surface area (Å²) in [6.07, 6.45) is 6.42. The maximum absolute atomic E-state index is 11.5. The van der Waals surface area contributed by atoms with Gasteiger partial charge < -0.3 is 14.8 Å². The average Bonchev–Trinajstić information content (AvgIpc) is 3.17. The highest BCUT2D eigenvalue weighted by molar-refractivity contribution is 7.20. The molecule has 2 aliphatic heterocycles. The van der Waals surface area contributed by atoms with E-state index in [0.29, 0.717) is 35.1 Å². The number of aromatic nitrogens is 2. The molecule has 2 aromatic heterocycles. The van der Waals surface area contributed by atoms with Crippen LogP contribution in [-0.2, 0) is 4.79 Å². The van der Waals surface area contributed by atoms with Gasteiger partial charge in [0.2, 0.25) is 5.91 Å². The maximum atomic E-state index is 11.5. The predicted octanol–water partition coefficient (Wildman–Crippen LogP) is 3.99. The summed E-state index contributed by atoms with van der Waals surface area (Å²) in [7, 11) is 0. The zero-order valence-electron chi connectivity index (χ0n) is 18.0. The number of pyridine rings is 1. The Hall–Kier alpha value is -2.71. The van der Waals surface area contributed by atoms with Gasteiger partial charge in [-0.3, -0.25) is 9.69 Å². The molecule has 1 aromatic carbocycles. The number of hydrogen-bond acceptors (Lipinski definition) is 7. The number of fused-ring (bicyclic) bond motifs is 2. The Morgan fingerprint density at radius 2 is 2.06 bits per heavy atom. The van der Waals surface area contributed by atoms with E-state index in [1.54, 1.807) is 13.1 Å². The van der Waals surface area contributed by atoms with Gasteiger partial charge in [0, 0.05) is 37.3 Å². The minimum Gasteiger partial charge on any atom is -0.492 e. The summed E-state index contributed by atoms with van der Waals surface area (Å²) in [6.45, 7) is 3.22. The molecule has 1 amide bonds. The first-order valence-corrected chi connectivity index (χ1v) is 12.1. The molecule has 0 radical (unpaired) electrons. The van der Waals surface area contributed by atoms with Gasteiger partial charge in [0.25, 0.3) is 5.19 Å². The SMILES string of the molecule is CC(=O)NC1C[C@@H]2C[C@H]3C[C@@]3(C1)N2CCOc1ccc(Oc2nc3ncccc3s2)cc1. The highest BCUT2D eigenvalue weighted by atomic mass is 32.1. The normalized spacial score (nSPS) is 28.3. The van der Waals surface area contributed by atoms with Crippen LogP contribution in [0.4, 0.5) is 0 Å². The molecule has 1 saturated carbocycles. The molecule has 8 heteroatoms. The molecule has 6 rings (SSSR count). The lowest BCUT2D eigenvalue weighted by Crippen LogP contribution is -2.54. The second kappa shape index (κ2) is 7.71. The van der Waals surface area contributed by atoms with E-state index in [4.69, 9.17) is 9.47 Å². The highest BCUT2D eigenvalue weighted by Gasteiger charge is 2.67. The largest absolute Gasteiger partial charge is 0.492 e. The number of benzene rings is 1. The Bertz CT molecular complexity index is 1120. The van der Waals surface area contributed by atoms with Gasteiger partial charge in [-0.15, -0.1) is 0 Å². The molecule has 1 N–H and O–H groups in total. The molecule has 1 spiro atoms. The van der Waals surface area contributed by atoms with Crippen molar-refractivity contribution in [1.82, 2.24) is 20.2 Å². The average molecular weight is 451 g/mol. The van der Waals surface area contributed by atoms with Crippen LogP contribution < -0.4 is 14.8 Å².